The number of benzene rings is 1. The molecular weight excluding hydrogens is 348 g/mol. The third kappa shape index (κ3) is 3.75. The van der Waals surface area contributed by atoms with Crippen molar-refractivity contribution in [3.05, 3.63) is 34.1 Å². The Bertz CT molecular complexity index is 939. The monoisotopic (exact) mass is 370 g/mol. The summed E-state index contributed by atoms with van der Waals surface area (Å²) in [6.45, 7) is 1.93. The SMILES string of the molecule is Cc1ccc2nc(SCC(=O)NC3(C#N)CCCCC3)n(C)c(=O)c2c1. The van der Waals surface area contributed by atoms with Crippen molar-refractivity contribution in [2.45, 2.75) is 49.7 Å². The molecule has 3 rings (SSSR count). The van der Waals surface area contributed by atoms with Gasteiger partial charge in [-0.2, -0.15) is 5.26 Å². The molecule has 26 heavy (non-hydrogen) atoms. The first-order valence-electron chi connectivity index (χ1n) is 8.76. The number of thioether (sulfide) groups is 1. The van der Waals surface area contributed by atoms with Crippen molar-refractivity contribution in [1.29, 1.82) is 5.26 Å². The lowest BCUT2D eigenvalue weighted by Crippen LogP contribution is -2.49. The fourth-order valence-electron chi connectivity index (χ4n) is 3.35. The van der Waals surface area contributed by atoms with E-state index in [1.165, 1.54) is 16.3 Å². The smallest absolute Gasteiger partial charge is 0.261 e. The lowest BCUT2D eigenvalue weighted by atomic mass is 9.83. The largest absolute Gasteiger partial charge is 0.337 e. The van der Waals surface area contributed by atoms with Crippen LogP contribution in [0.5, 0.6) is 0 Å². The number of hydrogen-bond acceptors (Lipinski definition) is 5. The molecule has 1 aliphatic carbocycles. The van der Waals surface area contributed by atoms with E-state index in [-0.39, 0.29) is 17.2 Å². The summed E-state index contributed by atoms with van der Waals surface area (Å²) in [5, 5.41) is 13.4. The van der Waals surface area contributed by atoms with E-state index in [1.807, 2.05) is 25.1 Å². The molecule has 0 aliphatic heterocycles. The number of carbonyl (C=O) groups excluding carboxylic acids is 1. The van der Waals surface area contributed by atoms with Crippen molar-refractivity contribution in [2.75, 3.05) is 5.75 Å². The van der Waals surface area contributed by atoms with E-state index in [1.54, 1.807) is 7.05 Å². The van der Waals surface area contributed by atoms with Gasteiger partial charge in [0.2, 0.25) is 5.91 Å². The van der Waals surface area contributed by atoms with Crippen molar-refractivity contribution >= 4 is 28.6 Å². The van der Waals surface area contributed by atoms with Gasteiger partial charge in [0.15, 0.2) is 5.16 Å². The second-order valence-corrected chi connectivity index (χ2v) is 7.81. The molecule has 1 heterocycles. The second-order valence-electron chi connectivity index (χ2n) is 6.87. The third-order valence-electron chi connectivity index (χ3n) is 4.82. The van der Waals surface area contributed by atoms with Gasteiger partial charge in [-0.15, -0.1) is 0 Å². The highest BCUT2D eigenvalue weighted by Gasteiger charge is 2.33. The standard InChI is InChI=1S/C19H22N4O2S/c1-13-6-7-15-14(10-13)17(25)23(2)18(21-15)26-11-16(24)22-19(12-20)8-4-3-5-9-19/h6-7,10H,3-5,8-9,11H2,1-2H3,(H,22,24). The maximum absolute atomic E-state index is 12.5. The van der Waals surface area contributed by atoms with E-state index >= 15 is 0 Å². The summed E-state index contributed by atoms with van der Waals surface area (Å²) in [6.07, 6.45) is 4.43. The van der Waals surface area contributed by atoms with Crippen LogP contribution < -0.4 is 10.9 Å². The number of nitrogens with one attached hydrogen (secondary N) is 1. The molecular formula is C19H22N4O2S. The first-order chi connectivity index (χ1) is 12.4. The number of fused-ring (bicyclic) bond motifs is 1. The molecule has 7 heteroatoms. The predicted octanol–water partition coefficient (Wildman–Crippen LogP) is 2.68. The van der Waals surface area contributed by atoms with Crippen LogP contribution in [-0.4, -0.2) is 26.8 Å². The molecule has 1 N–H and O–H groups in total. The highest BCUT2D eigenvalue weighted by molar-refractivity contribution is 7.99. The highest BCUT2D eigenvalue weighted by atomic mass is 32.2. The zero-order valence-corrected chi connectivity index (χ0v) is 15.9. The lowest BCUT2D eigenvalue weighted by Gasteiger charge is -2.31. The third-order valence-corrected chi connectivity index (χ3v) is 5.85. The molecule has 0 bridgehead atoms. The summed E-state index contributed by atoms with van der Waals surface area (Å²) in [5.74, 6) is -0.0714. The van der Waals surface area contributed by atoms with Crippen molar-refractivity contribution in [1.82, 2.24) is 14.9 Å². The van der Waals surface area contributed by atoms with Crippen LogP contribution in [0.3, 0.4) is 0 Å². The van der Waals surface area contributed by atoms with Crippen LogP contribution in [0.2, 0.25) is 0 Å². The molecule has 1 amide bonds. The molecule has 0 saturated heterocycles. The highest BCUT2D eigenvalue weighted by Crippen LogP contribution is 2.28. The molecule has 1 saturated carbocycles. The number of aromatic nitrogens is 2. The minimum Gasteiger partial charge on any atom is -0.337 e. The summed E-state index contributed by atoms with van der Waals surface area (Å²) in [7, 11) is 1.66. The van der Waals surface area contributed by atoms with Gasteiger partial charge in [0.05, 0.1) is 22.7 Å². The zero-order chi connectivity index (χ0) is 18.7. The van der Waals surface area contributed by atoms with E-state index in [0.717, 1.165) is 24.8 Å². The average molecular weight is 370 g/mol. The van der Waals surface area contributed by atoms with E-state index in [2.05, 4.69) is 16.4 Å². The zero-order valence-electron chi connectivity index (χ0n) is 15.0. The summed E-state index contributed by atoms with van der Waals surface area (Å²) >= 11 is 1.22. The fourth-order valence-corrected chi connectivity index (χ4v) is 4.12. The van der Waals surface area contributed by atoms with Crippen LogP contribution in [0.1, 0.15) is 37.7 Å². The number of rotatable bonds is 4. The number of hydrogen-bond donors (Lipinski definition) is 1. The summed E-state index contributed by atoms with van der Waals surface area (Å²) < 4.78 is 1.47. The quantitative estimate of drug-likeness (QED) is 0.660. The van der Waals surface area contributed by atoms with Gasteiger partial charge >= 0.3 is 0 Å². The number of amides is 1. The first kappa shape index (κ1) is 18.5. The molecule has 1 aromatic heterocycles. The molecule has 1 fully saturated rings. The van der Waals surface area contributed by atoms with Crippen LogP contribution in [0, 0.1) is 18.3 Å². The number of aryl methyl sites for hydroxylation is 1. The van der Waals surface area contributed by atoms with Gasteiger partial charge in [0.1, 0.15) is 5.54 Å². The van der Waals surface area contributed by atoms with Crippen molar-refractivity contribution in [3.8, 4) is 6.07 Å². The van der Waals surface area contributed by atoms with Crippen LogP contribution in [0.4, 0.5) is 0 Å². The average Bonchev–Trinajstić information content (AvgIpc) is 2.65. The van der Waals surface area contributed by atoms with Gasteiger partial charge in [-0.05, 0) is 31.9 Å². The number of nitriles is 1. The topological polar surface area (TPSA) is 87.8 Å². The van der Waals surface area contributed by atoms with Crippen molar-refractivity contribution < 1.29 is 4.79 Å². The molecule has 0 atom stereocenters. The van der Waals surface area contributed by atoms with Crippen LogP contribution in [-0.2, 0) is 11.8 Å². The lowest BCUT2D eigenvalue weighted by molar-refractivity contribution is -0.120. The molecule has 1 aliphatic rings. The Labute approximate surface area is 156 Å². The summed E-state index contributed by atoms with van der Waals surface area (Å²) in [6, 6.07) is 7.84. The maximum atomic E-state index is 12.5. The molecule has 0 spiro atoms. The second kappa shape index (κ2) is 7.50. The number of carbonyl (C=O) groups is 1. The normalized spacial score (nSPS) is 16.2. The Morgan fingerprint density at radius 3 is 2.81 bits per heavy atom. The van der Waals surface area contributed by atoms with E-state index in [9.17, 15) is 14.9 Å². The van der Waals surface area contributed by atoms with Gasteiger partial charge in [-0.1, -0.05) is 42.7 Å². The Balaban J connectivity index is 1.74. The predicted molar refractivity (Wildman–Crippen MR) is 102 cm³/mol. The Hall–Kier alpha value is -2.33. The van der Waals surface area contributed by atoms with E-state index < -0.39 is 5.54 Å². The minimum absolute atomic E-state index is 0.123. The van der Waals surface area contributed by atoms with Crippen molar-refractivity contribution in [2.24, 2.45) is 7.05 Å². The molecule has 136 valence electrons. The van der Waals surface area contributed by atoms with Gasteiger partial charge in [-0.25, -0.2) is 4.98 Å². The molecule has 1 aromatic carbocycles. The number of nitrogens with zero attached hydrogens (tertiary/aromatic N) is 3. The van der Waals surface area contributed by atoms with Gasteiger partial charge in [-0.3, -0.25) is 14.2 Å². The molecule has 0 radical (unpaired) electrons. The van der Waals surface area contributed by atoms with Gasteiger partial charge < -0.3 is 5.32 Å². The van der Waals surface area contributed by atoms with Crippen LogP contribution in [0.15, 0.2) is 28.2 Å². The molecule has 6 nitrogen and oxygen atoms in total. The Kier molecular flexibility index (Phi) is 5.33. The summed E-state index contributed by atoms with van der Waals surface area (Å²) in [4.78, 5) is 29.4. The molecule has 2 aromatic rings. The van der Waals surface area contributed by atoms with E-state index in [0.29, 0.717) is 28.9 Å². The first-order valence-corrected chi connectivity index (χ1v) is 9.75. The fraction of sp³-hybridized carbons (Fsp3) is 0.474. The van der Waals surface area contributed by atoms with Crippen LogP contribution in [0.25, 0.3) is 10.9 Å². The van der Waals surface area contributed by atoms with Gasteiger partial charge in [0, 0.05) is 7.05 Å². The minimum atomic E-state index is -0.740. The van der Waals surface area contributed by atoms with Crippen molar-refractivity contribution in [3.63, 3.8) is 0 Å². The Morgan fingerprint density at radius 1 is 1.38 bits per heavy atom. The van der Waals surface area contributed by atoms with E-state index in [4.69, 9.17) is 0 Å². The summed E-state index contributed by atoms with van der Waals surface area (Å²) in [5.41, 5.74) is 0.770. The van der Waals surface area contributed by atoms with Crippen LogP contribution >= 0.6 is 11.8 Å². The van der Waals surface area contributed by atoms with Gasteiger partial charge in [0.25, 0.3) is 5.56 Å². The Morgan fingerprint density at radius 2 is 2.12 bits per heavy atom. The maximum Gasteiger partial charge on any atom is 0.261 e. The molecule has 0 unspecified atom stereocenters.